The number of guanidine groups is 1. The lowest BCUT2D eigenvalue weighted by molar-refractivity contribution is 0.347. The minimum atomic E-state index is -3.37. The summed E-state index contributed by atoms with van der Waals surface area (Å²) < 4.78 is 27.6. The van der Waals surface area contributed by atoms with Gasteiger partial charge in [0.1, 0.15) is 4.21 Å². The largest absolute Gasteiger partial charge is 0.357 e. The zero-order chi connectivity index (χ0) is 20.5. The summed E-state index contributed by atoms with van der Waals surface area (Å²) in [7, 11) is -3.37. The van der Waals surface area contributed by atoms with Crippen molar-refractivity contribution in [2.45, 2.75) is 43.4 Å². The number of thiophene rings is 1. The molecule has 0 bridgehead atoms. The summed E-state index contributed by atoms with van der Waals surface area (Å²) in [5.41, 5.74) is 1.03. The van der Waals surface area contributed by atoms with E-state index in [0.717, 1.165) is 55.3 Å². The lowest BCUT2D eigenvalue weighted by Crippen LogP contribution is -2.38. The van der Waals surface area contributed by atoms with Gasteiger partial charge in [0.15, 0.2) is 5.96 Å². The molecular formula is C20H29N5O2S2. The molecule has 29 heavy (non-hydrogen) atoms. The molecule has 0 aromatic carbocycles. The molecule has 2 aromatic rings. The first-order chi connectivity index (χ1) is 14.1. The van der Waals surface area contributed by atoms with E-state index in [0.29, 0.717) is 23.8 Å². The highest BCUT2D eigenvalue weighted by Gasteiger charge is 2.27. The summed E-state index contributed by atoms with van der Waals surface area (Å²) in [4.78, 5) is 9.85. The average Bonchev–Trinajstić information content (AvgIpc) is 3.23. The highest BCUT2D eigenvalue weighted by atomic mass is 32.2. The molecule has 1 aliphatic rings. The third kappa shape index (κ3) is 6.25. The van der Waals surface area contributed by atoms with Crippen molar-refractivity contribution < 1.29 is 8.42 Å². The molecule has 3 rings (SSSR count). The zero-order valence-corrected chi connectivity index (χ0v) is 18.4. The molecule has 0 saturated carbocycles. The van der Waals surface area contributed by atoms with Crippen LogP contribution in [-0.4, -0.2) is 49.8 Å². The van der Waals surface area contributed by atoms with Gasteiger partial charge in [-0.2, -0.15) is 4.31 Å². The lowest BCUT2D eigenvalue weighted by Gasteiger charge is -2.25. The Morgan fingerprint density at radius 2 is 2.00 bits per heavy atom. The molecule has 0 atom stereocenters. The van der Waals surface area contributed by atoms with Crippen molar-refractivity contribution in [3.8, 4) is 0 Å². The van der Waals surface area contributed by atoms with Gasteiger partial charge in [0, 0.05) is 49.4 Å². The molecular weight excluding hydrogens is 406 g/mol. The van der Waals surface area contributed by atoms with E-state index in [1.807, 2.05) is 31.2 Å². The van der Waals surface area contributed by atoms with Crippen molar-refractivity contribution in [1.29, 1.82) is 0 Å². The summed E-state index contributed by atoms with van der Waals surface area (Å²) in [6.45, 7) is 5.19. The molecule has 3 heterocycles. The highest BCUT2D eigenvalue weighted by Crippen LogP contribution is 2.27. The number of rotatable bonds is 8. The predicted octanol–water partition coefficient (Wildman–Crippen LogP) is 2.62. The van der Waals surface area contributed by atoms with Gasteiger partial charge in [-0.05, 0) is 44.0 Å². The normalized spacial score (nSPS) is 16.0. The Morgan fingerprint density at radius 3 is 2.72 bits per heavy atom. The molecule has 9 heteroatoms. The van der Waals surface area contributed by atoms with Crippen molar-refractivity contribution in [2.24, 2.45) is 4.99 Å². The molecule has 2 N–H and O–H groups in total. The first-order valence-electron chi connectivity index (χ1n) is 10.1. The molecule has 158 valence electrons. The monoisotopic (exact) mass is 435 g/mol. The Kier molecular flexibility index (Phi) is 8.02. The van der Waals surface area contributed by atoms with Gasteiger partial charge in [0.2, 0.25) is 0 Å². The van der Waals surface area contributed by atoms with E-state index >= 15 is 0 Å². The molecule has 0 amide bonds. The Balaban J connectivity index is 1.58. The van der Waals surface area contributed by atoms with E-state index in [-0.39, 0.29) is 0 Å². The molecule has 0 unspecified atom stereocenters. The fraction of sp³-hybridized carbons (Fsp3) is 0.500. The van der Waals surface area contributed by atoms with Crippen LogP contribution in [0, 0.1) is 0 Å². The maximum absolute atomic E-state index is 12.8. The molecule has 1 saturated heterocycles. The first-order valence-corrected chi connectivity index (χ1v) is 12.4. The van der Waals surface area contributed by atoms with Crippen molar-refractivity contribution in [3.63, 3.8) is 0 Å². The van der Waals surface area contributed by atoms with Gasteiger partial charge >= 0.3 is 0 Å². The smallest absolute Gasteiger partial charge is 0.252 e. The SMILES string of the molecule is CCNC(=NCc1ccc(S(=O)(=O)N2CCCCC2)s1)NCCc1ccccn1. The molecule has 2 aromatic heterocycles. The van der Waals surface area contributed by atoms with Crippen LogP contribution in [0.1, 0.15) is 36.8 Å². The van der Waals surface area contributed by atoms with Crippen LogP contribution < -0.4 is 10.6 Å². The van der Waals surface area contributed by atoms with Crippen molar-refractivity contribution in [1.82, 2.24) is 19.9 Å². The van der Waals surface area contributed by atoms with Crippen LogP contribution in [0.3, 0.4) is 0 Å². The molecule has 7 nitrogen and oxygen atoms in total. The van der Waals surface area contributed by atoms with E-state index in [9.17, 15) is 8.42 Å². The third-order valence-corrected chi connectivity index (χ3v) is 8.12. The average molecular weight is 436 g/mol. The van der Waals surface area contributed by atoms with Crippen LogP contribution in [0.5, 0.6) is 0 Å². The van der Waals surface area contributed by atoms with Crippen molar-refractivity contribution in [3.05, 3.63) is 47.1 Å². The second kappa shape index (κ2) is 10.7. The Bertz CT molecular complexity index is 891. The van der Waals surface area contributed by atoms with Gasteiger partial charge in [-0.1, -0.05) is 12.5 Å². The number of aliphatic imine (C=N–C) groups is 1. The van der Waals surface area contributed by atoms with Gasteiger partial charge < -0.3 is 10.6 Å². The summed E-state index contributed by atoms with van der Waals surface area (Å²) >= 11 is 1.31. The minimum absolute atomic E-state index is 0.415. The maximum Gasteiger partial charge on any atom is 0.252 e. The molecule has 1 aliphatic heterocycles. The minimum Gasteiger partial charge on any atom is -0.357 e. The second-order valence-electron chi connectivity index (χ2n) is 6.88. The number of sulfonamides is 1. The third-order valence-electron chi connectivity index (χ3n) is 4.68. The van der Waals surface area contributed by atoms with Crippen LogP contribution in [0.4, 0.5) is 0 Å². The summed E-state index contributed by atoms with van der Waals surface area (Å²) in [5, 5.41) is 6.53. The number of hydrogen-bond donors (Lipinski definition) is 2. The van der Waals surface area contributed by atoms with Gasteiger partial charge in [0.25, 0.3) is 10.0 Å². The summed E-state index contributed by atoms with van der Waals surface area (Å²) in [6.07, 6.45) is 5.59. The molecule has 0 radical (unpaired) electrons. The standard InChI is InChI=1S/C20H29N5O2S2/c1-2-21-20(23-13-11-17-8-4-5-12-22-17)24-16-18-9-10-19(28-18)29(26,27)25-14-6-3-7-15-25/h4-5,8-10,12H,2-3,6-7,11,13-16H2,1H3,(H2,21,23,24). The highest BCUT2D eigenvalue weighted by molar-refractivity contribution is 7.91. The molecule has 0 aliphatic carbocycles. The number of piperidine rings is 1. The number of hydrogen-bond acceptors (Lipinski definition) is 5. The quantitative estimate of drug-likeness (QED) is 0.492. The van der Waals surface area contributed by atoms with Gasteiger partial charge in [0.05, 0.1) is 6.54 Å². The topological polar surface area (TPSA) is 86.7 Å². The molecule has 1 fully saturated rings. The Hall–Kier alpha value is -1.97. The van der Waals surface area contributed by atoms with Crippen LogP contribution in [0.15, 0.2) is 45.7 Å². The van der Waals surface area contributed by atoms with Crippen LogP contribution >= 0.6 is 11.3 Å². The van der Waals surface area contributed by atoms with Gasteiger partial charge in [-0.15, -0.1) is 11.3 Å². The maximum atomic E-state index is 12.8. The number of pyridine rings is 1. The Labute approximate surface area is 177 Å². The van der Waals surface area contributed by atoms with E-state index in [1.54, 1.807) is 16.6 Å². The fourth-order valence-electron chi connectivity index (χ4n) is 3.17. The van der Waals surface area contributed by atoms with E-state index < -0.39 is 10.0 Å². The second-order valence-corrected chi connectivity index (χ2v) is 10.2. The van der Waals surface area contributed by atoms with Crippen LogP contribution in [-0.2, 0) is 23.0 Å². The Morgan fingerprint density at radius 1 is 1.17 bits per heavy atom. The summed E-state index contributed by atoms with van der Waals surface area (Å²) in [6, 6.07) is 9.46. The fourth-order valence-corrected chi connectivity index (χ4v) is 6.12. The van der Waals surface area contributed by atoms with E-state index in [4.69, 9.17) is 0 Å². The van der Waals surface area contributed by atoms with Crippen molar-refractivity contribution in [2.75, 3.05) is 26.2 Å². The molecule has 0 spiro atoms. The van der Waals surface area contributed by atoms with Crippen molar-refractivity contribution >= 4 is 27.3 Å². The van der Waals surface area contributed by atoms with Crippen LogP contribution in [0.25, 0.3) is 0 Å². The number of aromatic nitrogens is 1. The number of nitrogens with zero attached hydrogens (tertiary/aromatic N) is 3. The van der Waals surface area contributed by atoms with E-state index in [2.05, 4.69) is 20.6 Å². The van der Waals surface area contributed by atoms with Gasteiger partial charge in [-0.3, -0.25) is 4.98 Å². The van der Waals surface area contributed by atoms with Gasteiger partial charge in [-0.25, -0.2) is 13.4 Å². The first kappa shape index (κ1) is 21.7. The lowest BCUT2D eigenvalue weighted by atomic mass is 10.2. The van der Waals surface area contributed by atoms with Crippen LogP contribution in [0.2, 0.25) is 0 Å². The summed E-state index contributed by atoms with van der Waals surface area (Å²) in [5.74, 6) is 0.720. The predicted molar refractivity (Wildman–Crippen MR) is 118 cm³/mol. The van der Waals surface area contributed by atoms with E-state index in [1.165, 1.54) is 11.3 Å². The zero-order valence-electron chi connectivity index (χ0n) is 16.8. The number of nitrogens with one attached hydrogen (secondary N) is 2.